The van der Waals surface area contributed by atoms with Crippen LogP contribution in [0.15, 0.2) is 48.7 Å². The third-order valence-electron chi connectivity index (χ3n) is 2.92. The van der Waals surface area contributed by atoms with Gasteiger partial charge in [-0.3, -0.25) is 4.79 Å². The molecule has 0 spiro atoms. The summed E-state index contributed by atoms with van der Waals surface area (Å²) in [5.41, 5.74) is 0.659. The monoisotopic (exact) mass is 314 g/mol. The molecule has 0 radical (unpaired) electrons. The SMILES string of the molecule is C=C/C=C(/NC(=O)c1cc(OC)c(OC)c(OC)c1)C(=C)C#N. The second-order valence-electron chi connectivity index (χ2n) is 4.27. The first-order valence-corrected chi connectivity index (χ1v) is 6.55. The molecule has 1 N–H and O–H groups in total. The minimum Gasteiger partial charge on any atom is -0.493 e. The van der Waals surface area contributed by atoms with Crippen LogP contribution < -0.4 is 19.5 Å². The lowest BCUT2D eigenvalue weighted by molar-refractivity contribution is 0.0966. The van der Waals surface area contributed by atoms with Crippen molar-refractivity contribution in [1.29, 1.82) is 5.26 Å². The van der Waals surface area contributed by atoms with E-state index in [1.807, 2.05) is 6.07 Å². The number of methoxy groups -OCH3 is 3. The van der Waals surface area contributed by atoms with Crippen LogP contribution >= 0.6 is 0 Å². The number of nitrogens with zero attached hydrogens (tertiary/aromatic N) is 1. The van der Waals surface area contributed by atoms with Gasteiger partial charge in [0.05, 0.1) is 32.6 Å². The maximum Gasteiger partial charge on any atom is 0.255 e. The largest absolute Gasteiger partial charge is 0.493 e. The van der Waals surface area contributed by atoms with E-state index in [2.05, 4.69) is 18.5 Å². The van der Waals surface area contributed by atoms with Crippen molar-refractivity contribution in [3.8, 4) is 23.3 Å². The van der Waals surface area contributed by atoms with E-state index >= 15 is 0 Å². The lowest BCUT2D eigenvalue weighted by Gasteiger charge is -2.14. The topological polar surface area (TPSA) is 80.6 Å². The van der Waals surface area contributed by atoms with Crippen LogP contribution in [0.4, 0.5) is 0 Å². The van der Waals surface area contributed by atoms with Crippen molar-refractivity contribution in [2.24, 2.45) is 0 Å². The van der Waals surface area contributed by atoms with Crippen molar-refractivity contribution >= 4 is 5.91 Å². The molecule has 6 nitrogen and oxygen atoms in total. The van der Waals surface area contributed by atoms with E-state index in [1.165, 1.54) is 45.6 Å². The molecule has 120 valence electrons. The summed E-state index contributed by atoms with van der Waals surface area (Å²) in [4.78, 5) is 12.4. The minimum atomic E-state index is -0.450. The fourth-order valence-corrected chi connectivity index (χ4v) is 1.80. The molecule has 6 heteroatoms. The highest BCUT2D eigenvalue weighted by Gasteiger charge is 2.18. The van der Waals surface area contributed by atoms with Gasteiger partial charge in [-0.15, -0.1) is 0 Å². The van der Waals surface area contributed by atoms with Gasteiger partial charge in [0.15, 0.2) is 11.5 Å². The summed E-state index contributed by atoms with van der Waals surface area (Å²) in [6.45, 7) is 7.11. The Morgan fingerprint density at radius 1 is 1.22 bits per heavy atom. The van der Waals surface area contributed by atoms with Crippen LogP contribution in [0.1, 0.15) is 10.4 Å². The van der Waals surface area contributed by atoms with Gasteiger partial charge < -0.3 is 19.5 Å². The average molecular weight is 314 g/mol. The predicted octanol–water partition coefficient (Wildman–Crippen LogP) is 2.59. The number of nitrogens with one attached hydrogen (secondary N) is 1. The van der Waals surface area contributed by atoms with Crippen molar-refractivity contribution in [3.05, 3.63) is 54.3 Å². The molecule has 1 rings (SSSR count). The highest BCUT2D eigenvalue weighted by atomic mass is 16.5. The Hall–Kier alpha value is -3.20. The van der Waals surface area contributed by atoms with Crippen molar-refractivity contribution in [2.75, 3.05) is 21.3 Å². The number of carbonyl (C=O) groups is 1. The number of amides is 1. The highest BCUT2D eigenvalue weighted by Crippen LogP contribution is 2.38. The van der Waals surface area contributed by atoms with Gasteiger partial charge in [-0.25, -0.2) is 0 Å². The number of ether oxygens (including phenoxy) is 3. The van der Waals surface area contributed by atoms with Crippen LogP contribution in [-0.4, -0.2) is 27.2 Å². The number of rotatable bonds is 7. The standard InChI is InChI=1S/C17H18N2O4/c1-6-7-13(11(2)10-18)19-17(20)12-8-14(21-3)16(23-5)15(9-12)22-4/h6-9H,1-2H2,3-5H3,(H,19,20)/b13-7+. The predicted molar refractivity (Wildman–Crippen MR) is 86.6 cm³/mol. The molecule has 0 aliphatic carbocycles. The van der Waals surface area contributed by atoms with Gasteiger partial charge >= 0.3 is 0 Å². The Bertz CT molecular complexity index is 674. The van der Waals surface area contributed by atoms with Crippen molar-refractivity contribution in [2.45, 2.75) is 0 Å². The molecule has 23 heavy (non-hydrogen) atoms. The molecule has 1 aromatic rings. The maximum atomic E-state index is 12.4. The number of hydrogen-bond acceptors (Lipinski definition) is 5. The van der Waals surface area contributed by atoms with Crippen LogP contribution in [0.5, 0.6) is 17.2 Å². The summed E-state index contributed by atoms with van der Waals surface area (Å²) in [6, 6.07) is 4.90. The van der Waals surface area contributed by atoms with Crippen LogP contribution in [0.3, 0.4) is 0 Å². The lowest BCUT2D eigenvalue weighted by Crippen LogP contribution is -2.23. The smallest absolute Gasteiger partial charge is 0.255 e. The molecule has 0 aliphatic heterocycles. The fraction of sp³-hybridized carbons (Fsp3) is 0.176. The molecular formula is C17H18N2O4. The second-order valence-corrected chi connectivity index (χ2v) is 4.27. The van der Waals surface area contributed by atoms with E-state index in [0.29, 0.717) is 17.2 Å². The van der Waals surface area contributed by atoms with Gasteiger partial charge in [0.2, 0.25) is 5.75 Å². The Kier molecular flexibility index (Phi) is 6.44. The molecule has 0 aromatic heterocycles. The zero-order valence-electron chi connectivity index (χ0n) is 13.3. The maximum absolute atomic E-state index is 12.4. The summed E-state index contributed by atoms with van der Waals surface area (Å²) >= 11 is 0. The number of allylic oxidation sites excluding steroid dienone is 3. The number of carbonyl (C=O) groups excluding carboxylic acids is 1. The summed E-state index contributed by atoms with van der Waals surface area (Å²) in [6.07, 6.45) is 2.94. The molecule has 0 heterocycles. The second kappa shape index (κ2) is 8.29. The van der Waals surface area contributed by atoms with Crippen molar-refractivity contribution < 1.29 is 19.0 Å². The normalized spacial score (nSPS) is 10.3. The molecule has 1 amide bonds. The highest BCUT2D eigenvalue weighted by molar-refractivity contribution is 5.97. The molecule has 1 aromatic carbocycles. The van der Waals surface area contributed by atoms with Gasteiger partial charge in [0.1, 0.15) is 6.07 Å². The third kappa shape index (κ3) is 4.14. The first-order valence-electron chi connectivity index (χ1n) is 6.55. The lowest BCUT2D eigenvalue weighted by atomic mass is 10.1. The minimum absolute atomic E-state index is 0.116. The molecule has 0 saturated heterocycles. The first-order chi connectivity index (χ1) is 11.0. The quantitative estimate of drug-likeness (QED) is 0.618. The zero-order valence-corrected chi connectivity index (χ0v) is 13.3. The van der Waals surface area contributed by atoms with E-state index in [9.17, 15) is 4.79 Å². The molecule has 0 aliphatic rings. The fourth-order valence-electron chi connectivity index (χ4n) is 1.80. The Morgan fingerprint density at radius 3 is 2.17 bits per heavy atom. The number of nitriles is 1. The Labute approximate surface area is 135 Å². The van der Waals surface area contributed by atoms with Crippen LogP contribution in [0.2, 0.25) is 0 Å². The van der Waals surface area contributed by atoms with Crippen LogP contribution in [0.25, 0.3) is 0 Å². The molecule has 0 bridgehead atoms. The van der Waals surface area contributed by atoms with Gasteiger partial charge in [-0.1, -0.05) is 19.2 Å². The van der Waals surface area contributed by atoms with Crippen molar-refractivity contribution in [1.82, 2.24) is 5.32 Å². The average Bonchev–Trinajstić information content (AvgIpc) is 2.58. The summed E-state index contributed by atoms with van der Waals surface area (Å²) in [5, 5.41) is 11.5. The third-order valence-corrected chi connectivity index (χ3v) is 2.92. The molecule has 0 unspecified atom stereocenters. The summed E-state index contributed by atoms with van der Waals surface area (Å²) < 4.78 is 15.6. The van der Waals surface area contributed by atoms with E-state index in [1.54, 1.807) is 0 Å². The summed E-state index contributed by atoms with van der Waals surface area (Å²) in [7, 11) is 4.39. The Morgan fingerprint density at radius 2 is 1.78 bits per heavy atom. The first kappa shape index (κ1) is 17.9. The number of benzene rings is 1. The Balaban J connectivity index is 3.23. The number of hydrogen-bond donors (Lipinski definition) is 1. The van der Waals surface area contributed by atoms with E-state index in [-0.39, 0.29) is 16.8 Å². The van der Waals surface area contributed by atoms with Gasteiger partial charge in [-0.2, -0.15) is 5.26 Å². The van der Waals surface area contributed by atoms with Gasteiger partial charge in [0, 0.05) is 5.56 Å². The van der Waals surface area contributed by atoms with E-state index in [0.717, 1.165) is 0 Å². The zero-order chi connectivity index (χ0) is 17.4. The van der Waals surface area contributed by atoms with E-state index in [4.69, 9.17) is 19.5 Å². The summed E-state index contributed by atoms with van der Waals surface area (Å²) in [5.74, 6) is 0.638. The molecular weight excluding hydrogens is 296 g/mol. The molecule has 0 atom stereocenters. The van der Waals surface area contributed by atoms with Crippen molar-refractivity contribution in [3.63, 3.8) is 0 Å². The van der Waals surface area contributed by atoms with Gasteiger partial charge in [0.25, 0.3) is 5.91 Å². The molecule has 0 fully saturated rings. The van der Waals surface area contributed by atoms with Crippen LogP contribution in [0, 0.1) is 11.3 Å². The molecule has 0 saturated carbocycles. The van der Waals surface area contributed by atoms with E-state index < -0.39 is 5.91 Å². The van der Waals surface area contributed by atoms with Gasteiger partial charge in [-0.05, 0) is 18.2 Å². The van der Waals surface area contributed by atoms with Crippen LogP contribution in [-0.2, 0) is 0 Å².